The minimum Gasteiger partial charge on any atom is -0.393 e. The monoisotopic (exact) mass is 467 g/mol. The van der Waals surface area contributed by atoms with Crippen LogP contribution >= 0.6 is 0 Å². The highest BCUT2D eigenvalue weighted by atomic mass is 16.5. The van der Waals surface area contributed by atoms with E-state index in [1.54, 1.807) is 16.7 Å². The zero-order valence-electron chi connectivity index (χ0n) is 20.0. The second kappa shape index (κ2) is 9.34. The van der Waals surface area contributed by atoms with Crippen molar-refractivity contribution in [3.63, 3.8) is 0 Å². The van der Waals surface area contributed by atoms with Crippen molar-refractivity contribution in [1.29, 1.82) is 0 Å². The predicted molar refractivity (Wildman–Crippen MR) is 128 cm³/mol. The van der Waals surface area contributed by atoms with Crippen LogP contribution in [0.4, 0.5) is 5.95 Å². The highest BCUT2D eigenvalue weighted by Gasteiger charge is 2.32. The molecule has 2 aliphatic rings. The Labute approximate surface area is 198 Å². The van der Waals surface area contributed by atoms with Crippen LogP contribution in [0.3, 0.4) is 0 Å². The van der Waals surface area contributed by atoms with Gasteiger partial charge in [0.2, 0.25) is 11.9 Å². The standard InChI is InChI=1S/C24H33N7O3/c1-15(14-34-3)27-24-25-12-22-19(10-21(31(22)28-24)16-4-6-18(32)7-5-16)17-11-26-30(13-17)20-8-9-29(2)23(20)33/h10-13,15-16,18,20,32H,4-9,14H2,1-3H3,(H,27,28)/t15-,16?,18?,20-/m0/s1. The number of aliphatic hydroxyl groups excluding tert-OH is 1. The van der Waals surface area contributed by atoms with E-state index in [1.807, 2.05) is 37.1 Å². The van der Waals surface area contributed by atoms with Gasteiger partial charge < -0.3 is 20.1 Å². The van der Waals surface area contributed by atoms with E-state index in [1.165, 1.54) is 0 Å². The number of carbonyl (C=O) groups excluding carboxylic acids is 1. The molecular formula is C24H33N7O3. The number of hydrogen-bond donors (Lipinski definition) is 2. The van der Waals surface area contributed by atoms with Crippen LogP contribution in [0.15, 0.2) is 24.7 Å². The van der Waals surface area contributed by atoms with Gasteiger partial charge in [0.05, 0.1) is 30.6 Å². The smallest absolute Gasteiger partial charge is 0.247 e. The molecule has 0 bridgehead atoms. The average Bonchev–Trinajstić information content (AvgIpc) is 3.52. The van der Waals surface area contributed by atoms with Crippen LogP contribution in [0, 0.1) is 0 Å². The number of ether oxygens (including phenoxy) is 1. The van der Waals surface area contributed by atoms with E-state index in [0.29, 0.717) is 18.5 Å². The Kier molecular flexibility index (Phi) is 6.26. The number of carbonyl (C=O) groups is 1. The Bertz CT molecular complexity index is 1160. The Balaban J connectivity index is 1.52. The molecule has 2 N–H and O–H groups in total. The van der Waals surface area contributed by atoms with E-state index in [0.717, 1.165) is 61.0 Å². The van der Waals surface area contributed by atoms with E-state index >= 15 is 0 Å². The van der Waals surface area contributed by atoms with Gasteiger partial charge in [-0.1, -0.05) is 0 Å². The number of likely N-dealkylation sites (N-methyl/N-ethyl adjacent to an activating group) is 1. The fourth-order valence-electron chi connectivity index (χ4n) is 5.18. The number of rotatable bonds is 7. The first-order chi connectivity index (χ1) is 16.4. The highest BCUT2D eigenvalue weighted by molar-refractivity contribution is 5.83. The molecule has 10 heteroatoms. The summed E-state index contributed by atoms with van der Waals surface area (Å²) in [4.78, 5) is 18.8. The summed E-state index contributed by atoms with van der Waals surface area (Å²) < 4.78 is 8.99. The zero-order valence-corrected chi connectivity index (χ0v) is 20.0. The normalized spacial score (nSPS) is 24.2. The van der Waals surface area contributed by atoms with Crippen molar-refractivity contribution in [2.75, 3.05) is 32.6 Å². The molecule has 0 aromatic carbocycles. The first kappa shape index (κ1) is 22.8. The Morgan fingerprint density at radius 3 is 2.74 bits per heavy atom. The third-order valence-corrected chi connectivity index (χ3v) is 7.08. The molecule has 1 aliphatic carbocycles. The fourth-order valence-corrected chi connectivity index (χ4v) is 5.18. The molecule has 2 fully saturated rings. The Hall–Kier alpha value is -2.98. The van der Waals surface area contributed by atoms with Gasteiger partial charge in [0.25, 0.3) is 0 Å². The average molecular weight is 468 g/mol. The molecule has 10 nitrogen and oxygen atoms in total. The van der Waals surface area contributed by atoms with Crippen molar-refractivity contribution in [3.8, 4) is 11.1 Å². The number of likely N-dealkylation sites (tertiary alicyclic amines) is 1. The third kappa shape index (κ3) is 4.27. The number of hydrogen-bond acceptors (Lipinski definition) is 7. The summed E-state index contributed by atoms with van der Waals surface area (Å²) in [6, 6.07) is 2.01. The van der Waals surface area contributed by atoms with Gasteiger partial charge in [0.15, 0.2) is 0 Å². The second-order valence-electron chi connectivity index (χ2n) is 9.64. The Morgan fingerprint density at radius 1 is 1.24 bits per heavy atom. The van der Waals surface area contributed by atoms with Crippen molar-refractivity contribution in [2.24, 2.45) is 0 Å². The van der Waals surface area contributed by atoms with Gasteiger partial charge in [-0.05, 0) is 45.1 Å². The summed E-state index contributed by atoms with van der Waals surface area (Å²) >= 11 is 0. The largest absolute Gasteiger partial charge is 0.393 e. The molecule has 4 heterocycles. The van der Waals surface area contributed by atoms with Crippen LogP contribution in [0.2, 0.25) is 0 Å². The number of methoxy groups -OCH3 is 1. The van der Waals surface area contributed by atoms with Crippen LogP contribution < -0.4 is 5.32 Å². The first-order valence-corrected chi connectivity index (χ1v) is 12.1. The van der Waals surface area contributed by atoms with Crippen molar-refractivity contribution < 1.29 is 14.6 Å². The third-order valence-electron chi connectivity index (χ3n) is 7.08. The van der Waals surface area contributed by atoms with Crippen LogP contribution in [0.5, 0.6) is 0 Å². The molecule has 0 spiro atoms. The molecular weight excluding hydrogens is 434 g/mol. The minimum absolute atomic E-state index is 0.0751. The minimum atomic E-state index is -0.249. The van der Waals surface area contributed by atoms with Crippen molar-refractivity contribution >= 4 is 17.4 Å². The predicted octanol–water partition coefficient (Wildman–Crippen LogP) is 2.46. The van der Waals surface area contributed by atoms with Crippen molar-refractivity contribution in [2.45, 2.75) is 63.1 Å². The fraction of sp³-hybridized carbons (Fsp3) is 0.583. The lowest BCUT2D eigenvalue weighted by Gasteiger charge is -2.25. The summed E-state index contributed by atoms with van der Waals surface area (Å²) in [5, 5.41) is 22.7. The lowest BCUT2D eigenvalue weighted by molar-refractivity contribution is -0.129. The zero-order chi connectivity index (χ0) is 23.8. The molecule has 182 valence electrons. The number of nitrogens with one attached hydrogen (secondary N) is 1. The molecule has 0 radical (unpaired) electrons. The molecule has 5 rings (SSSR count). The Morgan fingerprint density at radius 2 is 2.03 bits per heavy atom. The van der Waals surface area contributed by atoms with Gasteiger partial charge in [-0.15, -0.1) is 5.10 Å². The number of fused-ring (bicyclic) bond motifs is 1. The lowest BCUT2D eigenvalue weighted by atomic mass is 9.85. The van der Waals surface area contributed by atoms with Crippen LogP contribution in [-0.4, -0.2) is 79.7 Å². The summed E-state index contributed by atoms with van der Waals surface area (Å²) in [6.45, 7) is 3.33. The van der Waals surface area contributed by atoms with E-state index in [-0.39, 0.29) is 24.1 Å². The summed E-state index contributed by atoms with van der Waals surface area (Å²) in [7, 11) is 3.51. The number of amides is 1. The van der Waals surface area contributed by atoms with Crippen LogP contribution in [0.1, 0.15) is 56.7 Å². The second-order valence-corrected chi connectivity index (χ2v) is 9.64. The number of aliphatic hydroxyl groups is 1. The van der Waals surface area contributed by atoms with Gasteiger partial charge >= 0.3 is 0 Å². The maximum absolute atomic E-state index is 12.5. The molecule has 1 saturated heterocycles. The van der Waals surface area contributed by atoms with Crippen LogP contribution in [0.25, 0.3) is 16.6 Å². The SMILES string of the molecule is COC[C@H](C)Nc1ncc2c(-c3cnn([C@H]4CCN(C)C4=O)c3)cc(C3CCC(O)CC3)n2n1. The highest BCUT2D eigenvalue weighted by Crippen LogP contribution is 2.38. The van der Waals surface area contributed by atoms with Gasteiger partial charge in [-0.25, -0.2) is 9.50 Å². The topological polar surface area (TPSA) is 110 Å². The van der Waals surface area contributed by atoms with E-state index in [2.05, 4.69) is 21.5 Å². The number of nitrogens with zero attached hydrogens (tertiary/aromatic N) is 6. The quantitative estimate of drug-likeness (QED) is 0.549. The van der Waals surface area contributed by atoms with E-state index in [4.69, 9.17) is 9.84 Å². The van der Waals surface area contributed by atoms with Crippen molar-refractivity contribution in [3.05, 3.63) is 30.4 Å². The van der Waals surface area contributed by atoms with Crippen molar-refractivity contribution in [1.82, 2.24) is 29.3 Å². The number of anilines is 1. The maximum Gasteiger partial charge on any atom is 0.247 e. The number of aromatic nitrogens is 5. The van der Waals surface area contributed by atoms with Crippen LogP contribution in [-0.2, 0) is 9.53 Å². The summed E-state index contributed by atoms with van der Waals surface area (Å²) in [6.07, 6.45) is 9.60. The molecule has 3 aromatic heterocycles. The van der Waals surface area contributed by atoms with Gasteiger partial charge in [-0.3, -0.25) is 9.48 Å². The van der Waals surface area contributed by atoms with E-state index < -0.39 is 0 Å². The van der Waals surface area contributed by atoms with Gasteiger partial charge in [-0.2, -0.15) is 5.10 Å². The molecule has 3 aromatic rings. The summed E-state index contributed by atoms with van der Waals surface area (Å²) in [5.41, 5.74) is 3.97. The van der Waals surface area contributed by atoms with E-state index in [9.17, 15) is 9.90 Å². The molecule has 1 saturated carbocycles. The maximum atomic E-state index is 12.5. The molecule has 2 atom stereocenters. The van der Waals surface area contributed by atoms with Gasteiger partial charge in [0.1, 0.15) is 6.04 Å². The first-order valence-electron chi connectivity index (χ1n) is 12.1. The molecule has 34 heavy (non-hydrogen) atoms. The van der Waals surface area contributed by atoms with Gasteiger partial charge in [0, 0.05) is 55.7 Å². The summed E-state index contributed by atoms with van der Waals surface area (Å²) in [5.74, 6) is 0.956. The molecule has 1 aliphatic heterocycles. The molecule has 0 unspecified atom stereocenters. The lowest BCUT2D eigenvalue weighted by Crippen LogP contribution is -2.24. The molecule has 1 amide bonds.